The van der Waals surface area contributed by atoms with E-state index >= 15 is 0 Å². The first-order chi connectivity index (χ1) is 12.1. The molecule has 7 heteroatoms. The molecule has 0 aliphatic carbocycles. The van der Waals surface area contributed by atoms with Crippen molar-refractivity contribution in [2.24, 2.45) is 0 Å². The van der Waals surface area contributed by atoms with Gasteiger partial charge in [0.25, 0.3) is 5.91 Å². The number of benzene rings is 2. The molecule has 0 aromatic heterocycles. The molecule has 1 N–H and O–H groups in total. The number of hydrogen-bond donors (Lipinski definition) is 1. The summed E-state index contributed by atoms with van der Waals surface area (Å²) in [7, 11) is 1.47. The SMILES string of the molecule is COc1cc(C#N)ccc1OCC(=O)NCCOc1ccc(Cl)cc1. The molecule has 0 unspecified atom stereocenters. The summed E-state index contributed by atoms with van der Waals surface area (Å²) in [5, 5.41) is 12.2. The minimum Gasteiger partial charge on any atom is -0.493 e. The van der Waals surface area contributed by atoms with Gasteiger partial charge in [-0.05, 0) is 36.4 Å². The van der Waals surface area contributed by atoms with Crippen LogP contribution in [0.1, 0.15) is 5.56 Å². The van der Waals surface area contributed by atoms with Crippen LogP contribution in [-0.4, -0.2) is 32.8 Å². The summed E-state index contributed by atoms with van der Waals surface area (Å²) in [6.45, 7) is 0.506. The van der Waals surface area contributed by atoms with Crippen LogP contribution in [0.3, 0.4) is 0 Å². The van der Waals surface area contributed by atoms with Crippen molar-refractivity contribution in [2.75, 3.05) is 26.9 Å². The molecule has 0 heterocycles. The van der Waals surface area contributed by atoms with Crippen LogP contribution in [0.4, 0.5) is 0 Å². The fraction of sp³-hybridized carbons (Fsp3) is 0.222. The molecule has 0 saturated carbocycles. The Morgan fingerprint density at radius 3 is 2.60 bits per heavy atom. The lowest BCUT2D eigenvalue weighted by Crippen LogP contribution is -2.32. The monoisotopic (exact) mass is 360 g/mol. The van der Waals surface area contributed by atoms with Crippen LogP contribution in [-0.2, 0) is 4.79 Å². The van der Waals surface area contributed by atoms with Gasteiger partial charge in [-0.3, -0.25) is 4.79 Å². The lowest BCUT2D eigenvalue weighted by atomic mass is 10.2. The van der Waals surface area contributed by atoms with Crippen molar-refractivity contribution in [2.45, 2.75) is 0 Å². The Labute approximate surface area is 150 Å². The highest BCUT2D eigenvalue weighted by Crippen LogP contribution is 2.27. The maximum Gasteiger partial charge on any atom is 0.258 e. The minimum absolute atomic E-state index is 0.163. The molecule has 0 aliphatic heterocycles. The highest BCUT2D eigenvalue weighted by Gasteiger charge is 2.08. The van der Waals surface area contributed by atoms with Crippen molar-refractivity contribution in [3.8, 4) is 23.3 Å². The molecular weight excluding hydrogens is 344 g/mol. The van der Waals surface area contributed by atoms with Gasteiger partial charge in [-0.2, -0.15) is 5.26 Å². The topological polar surface area (TPSA) is 80.6 Å². The lowest BCUT2D eigenvalue weighted by Gasteiger charge is -2.11. The van der Waals surface area contributed by atoms with E-state index < -0.39 is 0 Å². The first kappa shape index (κ1) is 18.4. The molecule has 6 nitrogen and oxygen atoms in total. The Morgan fingerprint density at radius 2 is 1.92 bits per heavy atom. The standard InChI is InChI=1S/C18H17ClN2O4/c1-23-17-10-13(11-20)2-7-16(17)25-12-18(22)21-8-9-24-15-5-3-14(19)4-6-15/h2-7,10H,8-9,12H2,1H3,(H,21,22). The van der Waals surface area contributed by atoms with Crippen LogP contribution in [0.2, 0.25) is 5.02 Å². The van der Waals surface area contributed by atoms with Gasteiger partial charge in [0.2, 0.25) is 0 Å². The van der Waals surface area contributed by atoms with E-state index in [1.165, 1.54) is 7.11 Å². The zero-order valence-corrected chi connectivity index (χ0v) is 14.4. The predicted molar refractivity (Wildman–Crippen MR) is 93.2 cm³/mol. The number of hydrogen-bond acceptors (Lipinski definition) is 5. The van der Waals surface area contributed by atoms with Crippen molar-refractivity contribution in [1.82, 2.24) is 5.32 Å². The largest absolute Gasteiger partial charge is 0.493 e. The van der Waals surface area contributed by atoms with Gasteiger partial charge >= 0.3 is 0 Å². The summed E-state index contributed by atoms with van der Waals surface area (Å²) in [5.74, 6) is 1.19. The fourth-order valence-electron chi connectivity index (χ4n) is 1.94. The van der Waals surface area contributed by atoms with Crippen molar-refractivity contribution >= 4 is 17.5 Å². The van der Waals surface area contributed by atoms with Gasteiger partial charge in [0.15, 0.2) is 18.1 Å². The van der Waals surface area contributed by atoms with Gasteiger partial charge in [-0.25, -0.2) is 0 Å². The van der Waals surface area contributed by atoms with Crippen molar-refractivity contribution in [1.29, 1.82) is 5.26 Å². The van der Waals surface area contributed by atoms with E-state index in [1.54, 1.807) is 42.5 Å². The summed E-state index contributed by atoms with van der Waals surface area (Å²) >= 11 is 5.79. The van der Waals surface area contributed by atoms with Gasteiger partial charge in [0, 0.05) is 11.1 Å². The van der Waals surface area contributed by atoms with E-state index in [0.717, 1.165) is 0 Å². The van der Waals surface area contributed by atoms with Crippen LogP contribution >= 0.6 is 11.6 Å². The maximum atomic E-state index is 11.8. The summed E-state index contributed by atoms with van der Waals surface area (Å²) in [6, 6.07) is 13.7. The van der Waals surface area contributed by atoms with Gasteiger partial charge in [0.05, 0.1) is 25.3 Å². The van der Waals surface area contributed by atoms with Crippen molar-refractivity contribution < 1.29 is 19.0 Å². The van der Waals surface area contributed by atoms with Crippen LogP contribution in [0.5, 0.6) is 17.2 Å². The van der Waals surface area contributed by atoms with Gasteiger partial charge in [-0.1, -0.05) is 11.6 Å². The second-order valence-corrected chi connectivity index (χ2v) is 5.35. The molecule has 0 bridgehead atoms. The number of carbonyl (C=O) groups excluding carboxylic acids is 1. The van der Waals surface area contributed by atoms with Crippen molar-refractivity contribution in [3.63, 3.8) is 0 Å². The summed E-state index contributed by atoms with van der Waals surface area (Å²) in [6.07, 6.45) is 0. The number of amides is 1. The third kappa shape index (κ3) is 5.90. The van der Waals surface area contributed by atoms with E-state index in [-0.39, 0.29) is 12.5 Å². The molecular formula is C18H17ClN2O4. The summed E-state index contributed by atoms with van der Waals surface area (Å²) in [5.41, 5.74) is 0.452. The highest BCUT2D eigenvalue weighted by atomic mass is 35.5. The predicted octanol–water partition coefficient (Wildman–Crippen LogP) is 2.79. The molecule has 0 spiro atoms. The van der Waals surface area contributed by atoms with E-state index in [9.17, 15) is 4.79 Å². The van der Waals surface area contributed by atoms with Crippen LogP contribution in [0.25, 0.3) is 0 Å². The molecule has 130 valence electrons. The average molecular weight is 361 g/mol. The van der Waals surface area contributed by atoms with Crippen molar-refractivity contribution in [3.05, 3.63) is 53.1 Å². The molecule has 2 aromatic carbocycles. The van der Waals surface area contributed by atoms with Gasteiger partial charge < -0.3 is 19.5 Å². The second kappa shape index (κ2) is 9.40. The lowest BCUT2D eigenvalue weighted by molar-refractivity contribution is -0.123. The number of methoxy groups -OCH3 is 1. The number of nitrogens with zero attached hydrogens (tertiary/aromatic N) is 1. The van der Waals surface area contributed by atoms with Gasteiger partial charge in [-0.15, -0.1) is 0 Å². The normalized spacial score (nSPS) is 9.80. The first-order valence-corrected chi connectivity index (χ1v) is 7.86. The zero-order valence-electron chi connectivity index (χ0n) is 13.6. The van der Waals surface area contributed by atoms with E-state index in [2.05, 4.69) is 5.32 Å². The van der Waals surface area contributed by atoms with Crippen LogP contribution in [0, 0.1) is 11.3 Å². The Balaban J connectivity index is 1.72. The number of nitriles is 1. The van der Waals surface area contributed by atoms with Gasteiger partial charge in [0.1, 0.15) is 12.4 Å². The quantitative estimate of drug-likeness (QED) is 0.732. The first-order valence-electron chi connectivity index (χ1n) is 7.48. The Morgan fingerprint density at radius 1 is 1.16 bits per heavy atom. The highest BCUT2D eigenvalue weighted by molar-refractivity contribution is 6.30. The molecule has 0 aliphatic rings. The number of rotatable bonds is 8. The molecule has 2 aromatic rings. The third-order valence-electron chi connectivity index (χ3n) is 3.16. The Kier molecular flexibility index (Phi) is 6.93. The molecule has 0 saturated heterocycles. The Bertz CT molecular complexity index is 757. The van der Waals surface area contributed by atoms with Crippen LogP contribution < -0.4 is 19.5 Å². The number of nitrogens with one attached hydrogen (secondary N) is 1. The molecule has 0 fully saturated rings. The summed E-state index contributed by atoms with van der Waals surface area (Å²) in [4.78, 5) is 11.8. The zero-order chi connectivity index (χ0) is 18.1. The summed E-state index contributed by atoms with van der Waals surface area (Å²) < 4.78 is 16.0. The second-order valence-electron chi connectivity index (χ2n) is 4.92. The molecule has 2 rings (SSSR count). The van der Waals surface area contributed by atoms with E-state index in [4.69, 9.17) is 31.1 Å². The maximum absolute atomic E-state index is 11.8. The van der Waals surface area contributed by atoms with E-state index in [1.807, 2.05) is 6.07 Å². The molecule has 0 radical (unpaired) electrons. The number of halogens is 1. The fourth-order valence-corrected chi connectivity index (χ4v) is 2.07. The smallest absolute Gasteiger partial charge is 0.258 e. The third-order valence-corrected chi connectivity index (χ3v) is 3.41. The average Bonchev–Trinajstić information content (AvgIpc) is 2.64. The van der Waals surface area contributed by atoms with Crippen LogP contribution in [0.15, 0.2) is 42.5 Å². The Hall–Kier alpha value is -2.91. The molecule has 0 atom stereocenters. The minimum atomic E-state index is -0.286. The number of carbonyl (C=O) groups is 1. The number of ether oxygens (including phenoxy) is 3. The molecule has 25 heavy (non-hydrogen) atoms. The van der Waals surface area contributed by atoms with E-state index in [0.29, 0.717) is 41.0 Å². The molecule has 1 amide bonds.